The molecule has 2 aliphatic carbocycles. The summed E-state index contributed by atoms with van der Waals surface area (Å²) in [5, 5.41) is 13.1. The van der Waals surface area contributed by atoms with Crippen molar-refractivity contribution in [3.63, 3.8) is 0 Å². The molecule has 2 aromatic heterocycles. The average Bonchev–Trinajstić information content (AvgIpc) is 3.10. The van der Waals surface area contributed by atoms with E-state index in [2.05, 4.69) is 22.2 Å². The molecule has 2 saturated carbocycles. The maximum absolute atomic E-state index is 13.8. The van der Waals surface area contributed by atoms with Crippen LogP contribution in [0.4, 0.5) is 6.01 Å². The zero-order valence-corrected chi connectivity index (χ0v) is 17.9. The second-order valence-corrected chi connectivity index (χ2v) is 9.56. The van der Waals surface area contributed by atoms with Crippen LogP contribution in [-0.4, -0.2) is 50.5 Å². The molecule has 3 heterocycles. The first-order valence-corrected chi connectivity index (χ1v) is 11.5. The summed E-state index contributed by atoms with van der Waals surface area (Å²) in [7, 11) is 0. The first kappa shape index (κ1) is 20.3. The molecule has 0 aromatic carbocycles. The Kier molecular flexibility index (Phi) is 5.10. The minimum absolute atomic E-state index is 0.00782. The van der Waals surface area contributed by atoms with Crippen molar-refractivity contribution < 1.29 is 19.1 Å². The van der Waals surface area contributed by atoms with Crippen molar-refractivity contribution in [1.82, 2.24) is 14.9 Å². The number of nitrogens with one attached hydrogen (secondary N) is 1. The number of carboxylic acid groups (broad SMARTS) is 1. The van der Waals surface area contributed by atoms with Crippen molar-refractivity contribution in [2.45, 2.75) is 70.4 Å². The normalized spacial score (nSPS) is 29.4. The summed E-state index contributed by atoms with van der Waals surface area (Å²) in [6.07, 6.45) is 9.49. The SMILES string of the molecule is CC[C@H]1C[C@]12C[C@@H](C(=O)O)N(C(=O)[C@@H](Nc1nc3ncccc3o1)C1CCCCC1)C2. The van der Waals surface area contributed by atoms with E-state index >= 15 is 0 Å². The van der Waals surface area contributed by atoms with Crippen LogP contribution in [0.2, 0.25) is 0 Å². The number of hydrogen-bond donors (Lipinski definition) is 2. The van der Waals surface area contributed by atoms with E-state index in [1.54, 1.807) is 23.2 Å². The van der Waals surface area contributed by atoms with E-state index in [0.717, 1.165) is 38.5 Å². The van der Waals surface area contributed by atoms with Gasteiger partial charge in [-0.25, -0.2) is 9.78 Å². The van der Waals surface area contributed by atoms with E-state index in [1.807, 2.05) is 0 Å². The Morgan fingerprint density at radius 3 is 2.81 bits per heavy atom. The molecular weight excluding hydrogens is 396 g/mol. The maximum Gasteiger partial charge on any atom is 0.326 e. The van der Waals surface area contributed by atoms with Gasteiger partial charge in [0.2, 0.25) is 11.6 Å². The van der Waals surface area contributed by atoms with Gasteiger partial charge in [0.25, 0.3) is 6.01 Å². The Morgan fingerprint density at radius 2 is 2.13 bits per heavy atom. The maximum atomic E-state index is 13.8. The van der Waals surface area contributed by atoms with Gasteiger partial charge in [0.05, 0.1) is 0 Å². The number of likely N-dealkylation sites (tertiary alicyclic amines) is 1. The van der Waals surface area contributed by atoms with Crippen LogP contribution in [0.3, 0.4) is 0 Å². The molecule has 2 N–H and O–H groups in total. The van der Waals surface area contributed by atoms with Crippen LogP contribution in [0, 0.1) is 17.3 Å². The summed E-state index contributed by atoms with van der Waals surface area (Å²) >= 11 is 0. The summed E-state index contributed by atoms with van der Waals surface area (Å²) in [5.74, 6) is -0.374. The predicted octanol–water partition coefficient (Wildman–Crippen LogP) is 3.69. The summed E-state index contributed by atoms with van der Waals surface area (Å²) in [5.41, 5.74) is 1.05. The minimum Gasteiger partial charge on any atom is -0.480 e. The molecule has 8 nitrogen and oxygen atoms in total. The number of nitrogens with zero attached hydrogens (tertiary/aromatic N) is 3. The quantitative estimate of drug-likeness (QED) is 0.725. The molecule has 3 aliphatic rings. The van der Waals surface area contributed by atoms with E-state index < -0.39 is 18.1 Å². The Morgan fingerprint density at radius 1 is 1.32 bits per heavy atom. The van der Waals surface area contributed by atoms with Gasteiger partial charge in [-0.1, -0.05) is 32.6 Å². The highest BCUT2D eigenvalue weighted by Crippen LogP contribution is 2.61. The molecule has 4 atom stereocenters. The fourth-order valence-electron chi connectivity index (χ4n) is 5.91. The molecular formula is C23H30N4O4. The van der Waals surface area contributed by atoms with E-state index in [9.17, 15) is 14.7 Å². The van der Waals surface area contributed by atoms with Crippen LogP contribution in [-0.2, 0) is 9.59 Å². The van der Waals surface area contributed by atoms with Crippen LogP contribution in [0.15, 0.2) is 22.7 Å². The van der Waals surface area contributed by atoms with Crippen molar-refractivity contribution in [3.8, 4) is 0 Å². The third-order valence-corrected chi connectivity index (χ3v) is 7.71. The molecule has 0 radical (unpaired) electrons. The summed E-state index contributed by atoms with van der Waals surface area (Å²) in [4.78, 5) is 36.1. The van der Waals surface area contributed by atoms with Gasteiger partial charge in [0, 0.05) is 12.7 Å². The van der Waals surface area contributed by atoms with E-state index in [1.165, 1.54) is 6.42 Å². The number of carboxylic acids is 1. The fourth-order valence-corrected chi connectivity index (χ4v) is 5.91. The van der Waals surface area contributed by atoms with Gasteiger partial charge < -0.3 is 19.7 Å². The number of amides is 1. The minimum atomic E-state index is -0.902. The van der Waals surface area contributed by atoms with Gasteiger partial charge in [0.15, 0.2) is 5.58 Å². The lowest BCUT2D eigenvalue weighted by atomic mass is 9.83. The molecule has 2 aromatic rings. The van der Waals surface area contributed by atoms with Crippen LogP contribution in [0.1, 0.15) is 58.3 Å². The number of rotatable bonds is 6. The lowest BCUT2D eigenvalue weighted by Gasteiger charge is -2.33. The van der Waals surface area contributed by atoms with Crippen LogP contribution in [0.5, 0.6) is 0 Å². The summed E-state index contributed by atoms with van der Waals surface area (Å²) < 4.78 is 5.79. The Labute approximate surface area is 181 Å². The third kappa shape index (κ3) is 3.66. The smallest absolute Gasteiger partial charge is 0.326 e. The highest BCUT2D eigenvalue weighted by atomic mass is 16.4. The number of carbonyl (C=O) groups is 2. The van der Waals surface area contributed by atoms with Crippen LogP contribution >= 0.6 is 0 Å². The fraction of sp³-hybridized carbons (Fsp3) is 0.652. The second kappa shape index (κ2) is 7.80. The van der Waals surface area contributed by atoms with Gasteiger partial charge in [-0.05, 0) is 55.1 Å². The number of carbonyl (C=O) groups excluding carboxylic acids is 1. The number of aromatic nitrogens is 2. The number of pyridine rings is 1. The molecule has 3 fully saturated rings. The molecule has 1 amide bonds. The monoisotopic (exact) mass is 426 g/mol. The van der Waals surface area contributed by atoms with E-state index in [4.69, 9.17) is 4.42 Å². The van der Waals surface area contributed by atoms with Crippen LogP contribution < -0.4 is 5.32 Å². The zero-order valence-electron chi connectivity index (χ0n) is 17.9. The molecule has 0 bridgehead atoms. The molecule has 8 heteroatoms. The van der Waals surface area contributed by atoms with E-state index in [-0.39, 0.29) is 23.3 Å². The molecule has 166 valence electrons. The topological polar surface area (TPSA) is 109 Å². The van der Waals surface area contributed by atoms with Crippen molar-refractivity contribution >= 4 is 29.1 Å². The number of hydrogen-bond acceptors (Lipinski definition) is 6. The Balaban J connectivity index is 1.42. The van der Waals surface area contributed by atoms with Gasteiger partial charge in [-0.15, -0.1) is 0 Å². The first-order chi connectivity index (χ1) is 15.0. The van der Waals surface area contributed by atoms with Crippen molar-refractivity contribution in [2.24, 2.45) is 17.3 Å². The molecule has 1 spiro atoms. The predicted molar refractivity (Wildman–Crippen MR) is 114 cm³/mol. The lowest BCUT2D eigenvalue weighted by molar-refractivity contribution is -0.149. The average molecular weight is 427 g/mol. The Hall–Kier alpha value is -2.64. The van der Waals surface area contributed by atoms with Gasteiger partial charge in [-0.2, -0.15) is 4.98 Å². The third-order valence-electron chi connectivity index (χ3n) is 7.71. The van der Waals surface area contributed by atoms with Crippen molar-refractivity contribution in [3.05, 3.63) is 18.3 Å². The molecule has 1 aliphatic heterocycles. The zero-order chi connectivity index (χ0) is 21.6. The molecule has 0 unspecified atom stereocenters. The van der Waals surface area contributed by atoms with E-state index in [0.29, 0.717) is 30.1 Å². The van der Waals surface area contributed by atoms with Crippen LogP contribution in [0.25, 0.3) is 11.2 Å². The summed E-state index contributed by atoms with van der Waals surface area (Å²) in [6.45, 7) is 2.69. The highest BCUT2D eigenvalue weighted by molar-refractivity contribution is 5.90. The largest absolute Gasteiger partial charge is 0.480 e. The molecule has 31 heavy (non-hydrogen) atoms. The standard InChI is InChI=1S/C23H30N4O4/c1-2-15-11-23(15)12-16(21(29)30)27(13-23)20(28)18(14-7-4-3-5-8-14)25-22-26-19-17(31-22)9-6-10-24-19/h6,9-10,14-16,18H,2-5,7-8,11-13H2,1H3,(H,29,30)(H,24,25,26)/t15-,16-,18-,23+/m0/s1. The van der Waals surface area contributed by atoms with Gasteiger partial charge >= 0.3 is 5.97 Å². The first-order valence-electron chi connectivity index (χ1n) is 11.5. The van der Waals surface area contributed by atoms with Crippen molar-refractivity contribution in [1.29, 1.82) is 0 Å². The van der Waals surface area contributed by atoms with Crippen molar-refractivity contribution in [2.75, 3.05) is 11.9 Å². The molecule has 1 saturated heterocycles. The highest BCUT2D eigenvalue weighted by Gasteiger charge is 2.62. The second-order valence-electron chi connectivity index (χ2n) is 9.56. The number of aliphatic carboxylic acids is 1. The van der Waals surface area contributed by atoms with Gasteiger partial charge in [0.1, 0.15) is 12.1 Å². The number of fused-ring (bicyclic) bond motifs is 1. The Bertz CT molecular complexity index is 952. The van der Waals surface area contributed by atoms with Gasteiger partial charge in [-0.3, -0.25) is 4.79 Å². The number of oxazole rings is 1. The molecule has 5 rings (SSSR count). The summed E-state index contributed by atoms with van der Waals surface area (Å²) in [6, 6.07) is 2.56. The lowest BCUT2D eigenvalue weighted by Crippen LogP contribution is -2.51. The number of anilines is 1.